The van der Waals surface area contributed by atoms with Crippen molar-refractivity contribution in [1.82, 2.24) is 9.80 Å². The Kier molecular flexibility index (Phi) is 12.6. The minimum Gasteiger partial charge on any atom is -0.377 e. The molecule has 0 aromatic heterocycles. The Labute approximate surface area is 147 Å². The van der Waals surface area contributed by atoms with Crippen molar-refractivity contribution >= 4 is 11.8 Å². The monoisotopic (exact) mass is 344 g/mol. The van der Waals surface area contributed by atoms with E-state index in [1.807, 2.05) is 9.80 Å². The van der Waals surface area contributed by atoms with Crippen molar-refractivity contribution in [2.75, 3.05) is 52.6 Å². The van der Waals surface area contributed by atoms with E-state index in [1.54, 1.807) is 13.8 Å². The average Bonchev–Trinajstić information content (AvgIpc) is 2.46. The van der Waals surface area contributed by atoms with Crippen molar-refractivity contribution in [3.05, 3.63) is 0 Å². The maximum Gasteiger partial charge on any atom is 0.219 e. The van der Waals surface area contributed by atoms with Gasteiger partial charge in [0, 0.05) is 40.0 Å². The summed E-state index contributed by atoms with van der Waals surface area (Å²) < 4.78 is 11.0. The molecule has 0 saturated heterocycles. The van der Waals surface area contributed by atoms with Gasteiger partial charge in [-0.15, -0.1) is 0 Å². The molecule has 2 amide bonds. The Morgan fingerprint density at radius 3 is 1.29 bits per heavy atom. The van der Waals surface area contributed by atoms with Gasteiger partial charge >= 0.3 is 0 Å². The van der Waals surface area contributed by atoms with Crippen LogP contribution in [-0.2, 0) is 19.1 Å². The Morgan fingerprint density at radius 1 is 0.708 bits per heavy atom. The number of nitrogens with zero attached hydrogens (tertiary/aromatic N) is 2. The second-order valence-corrected chi connectivity index (χ2v) is 6.94. The van der Waals surface area contributed by atoms with Gasteiger partial charge < -0.3 is 19.3 Å². The molecule has 24 heavy (non-hydrogen) atoms. The predicted octanol–water partition coefficient (Wildman–Crippen LogP) is 2.03. The number of hydrogen-bond acceptors (Lipinski definition) is 4. The van der Waals surface area contributed by atoms with E-state index in [0.29, 0.717) is 51.4 Å². The third-order valence-electron chi connectivity index (χ3n) is 3.44. The molecule has 0 atom stereocenters. The molecule has 0 fully saturated rings. The summed E-state index contributed by atoms with van der Waals surface area (Å²) in [5, 5.41) is 0. The van der Waals surface area contributed by atoms with E-state index in [0.717, 1.165) is 13.1 Å². The topological polar surface area (TPSA) is 59.1 Å². The lowest BCUT2D eigenvalue weighted by atomic mass is 10.2. The lowest BCUT2D eigenvalue weighted by molar-refractivity contribution is -0.131. The highest BCUT2D eigenvalue weighted by Crippen LogP contribution is 2.00. The molecule has 142 valence electrons. The van der Waals surface area contributed by atoms with E-state index >= 15 is 0 Å². The molecule has 0 radical (unpaired) electrons. The third kappa shape index (κ3) is 12.3. The van der Waals surface area contributed by atoms with Crippen LogP contribution in [0.3, 0.4) is 0 Å². The van der Waals surface area contributed by atoms with Gasteiger partial charge in [-0.1, -0.05) is 27.7 Å². The van der Waals surface area contributed by atoms with Gasteiger partial charge in [-0.05, 0) is 11.8 Å². The largest absolute Gasteiger partial charge is 0.377 e. The fourth-order valence-corrected chi connectivity index (χ4v) is 2.31. The number of rotatable bonds is 13. The predicted molar refractivity (Wildman–Crippen MR) is 95.8 cm³/mol. The maximum atomic E-state index is 11.5. The zero-order valence-corrected chi connectivity index (χ0v) is 16.3. The highest BCUT2D eigenvalue weighted by molar-refractivity contribution is 5.73. The number of carbonyl (C=O) groups is 2. The van der Waals surface area contributed by atoms with Crippen molar-refractivity contribution < 1.29 is 19.1 Å². The molecule has 6 heteroatoms. The number of carbonyl (C=O) groups excluding carboxylic acids is 2. The second kappa shape index (κ2) is 13.2. The first kappa shape index (κ1) is 22.9. The van der Waals surface area contributed by atoms with Crippen LogP contribution in [0.5, 0.6) is 0 Å². The van der Waals surface area contributed by atoms with Crippen molar-refractivity contribution in [2.24, 2.45) is 11.8 Å². The summed E-state index contributed by atoms with van der Waals surface area (Å²) in [6, 6.07) is 0. The third-order valence-corrected chi connectivity index (χ3v) is 3.44. The molecule has 0 heterocycles. The minimum absolute atomic E-state index is 0.0815. The Hall–Kier alpha value is -1.14. The molecule has 0 N–H and O–H groups in total. The Bertz CT molecular complexity index is 325. The molecule has 0 rings (SSSR count). The van der Waals surface area contributed by atoms with Crippen LogP contribution in [0.4, 0.5) is 0 Å². The summed E-state index contributed by atoms with van der Waals surface area (Å²) in [6.45, 7) is 16.3. The van der Waals surface area contributed by atoms with Crippen LogP contribution in [0.1, 0.15) is 41.5 Å². The summed E-state index contributed by atoms with van der Waals surface area (Å²) in [5.74, 6) is 1.07. The second-order valence-electron chi connectivity index (χ2n) is 6.94. The molecule has 0 spiro atoms. The van der Waals surface area contributed by atoms with Crippen molar-refractivity contribution in [1.29, 1.82) is 0 Å². The quantitative estimate of drug-likeness (QED) is 0.480. The average molecular weight is 344 g/mol. The van der Waals surface area contributed by atoms with Gasteiger partial charge in [0.1, 0.15) is 0 Å². The highest BCUT2D eigenvalue weighted by atomic mass is 16.5. The first-order valence-corrected chi connectivity index (χ1v) is 8.90. The standard InChI is InChI=1S/C18H36N2O4/c1-15(2)13-19(17(5)21)7-9-23-11-12-24-10-8-20(18(6)22)14-16(3)4/h15-16H,7-14H2,1-6H3. The SMILES string of the molecule is CC(=O)N(CCOCCOCCN(CC(C)C)C(C)=O)CC(C)C. The van der Waals surface area contributed by atoms with E-state index in [2.05, 4.69) is 27.7 Å². The van der Waals surface area contributed by atoms with E-state index in [1.165, 1.54) is 0 Å². The molecule has 0 aliphatic heterocycles. The van der Waals surface area contributed by atoms with Crippen molar-refractivity contribution in [3.8, 4) is 0 Å². The van der Waals surface area contributed by atoms with E-state index in [-0.39, 0.29) is 11.8 Å². The fourth-order valence-electron chi connectivity index (χ4n) is 2.31. The van der Waals surface area contributed by atoms with E-state index < -0.39 is 0 Å². The molecule has 0 aromatic carbocycles. The fraction of sp³-hybridized carbons (Fsp3) is 0.889. The van der Waals surface area contributed by atoms with E-state index in [9.17, 15) is 9.59 Å². The maximum absolute atomic E-state index is 11.5. The zero-order valence-electron chi connectivity index (χ0n) is 16.3. The van der Waals surface area contributed by atoms with Crippen LogP contribution in [-0.4, -0.2) is 74.2 Å². The first-order chi connectivity index (χ1) is 11.2. The van der Waals surface area contributed by atoms with Gasteiger partial charge in [0.15, 0.2) is 0 Å². The first-order valence-electron chi connectivity index (χ1n) is 8.90. The Morgan fingerprint density at radius 2 is 1.04 bits per heavy atom. The summed E-state index contributed by atoms with van der Waals surface area (Å²) in [7, 11) is 0. The normalized spacial score (nSPS) is 11.2. The van der Waals surface area contributed by atoms with Gasteiger partial charge in [0.25, 0.3) is 0 Å². The van der Waals surface area contributed by atoms with Crippen LogP contribution in [0.2, 0.25) is 0 Å². The van der Waals surface area contributed by atoms with Crippen LogP contribution >= 0.6 is 0 Å². The number of amides is 2. The van der Waals surface area contributed by atoms with Crippen LogP contribution < -0.4 is 0 Å². The van der Waals surface area contributed by atoms with Crippen molar-refractivity contribution in [2.45, 2.75) is 41.5 Å². The number of hydrogen-bond donors (Lipinski definition) is 0. The van der Waals surface area contributed by atoms with Gasteiger partial charge in [0.2, 0.25) is 11.8 Å². The van der Waals surface area contributed by atoms with Crippen LogP contribution in [0.15, 0.2) is 0 Å². The Balaban J connectivity index is 3.72. The molecule has 0 unspecified atom stereocenters. The molecule has 0 bridgehead atoms. The molecule has 6 nitrogen and oxygen atoms in total. The van der Waals surface area contributed by atoms with Gasteiger partial charge in [0.05, 0.1) is 26.4 Å². The molecule has 0 aromatic rings. The van der Waals surface area contributed by atoms with E-state index in [4.69, 9.17) is 9.47 Å². The molecular weight excluding hydrogens is 308 g/mol. The molecule has 0 aliphatic rings. The van der Waals surface area contributed by atoms with Crippen LogP contribution in [0, 0.1) is 11.8 Å². The van der Waals surface area contributed by atoms with Crippen molar-refractivity contribution in [3.63, 3.8) is 0 Å². The van der Waals surface area contributed by atoms with Crippen LogP contribution in [0.25, 0.3) is 0 Å². The summed E-state index contributed by atoms with van der Waals surface area (Å²) in [5.41, 5.74) is 0. The molecule has 0 aliphatic carbocycles. The summed E-state index contributed by atoms with van der Waals surface area (Å²) in [4.78, 5) is 26.6. The molecular formula is C18H36N2O4. The minimum atomic E-state index is 0.0815. The smallest absolute Gasteiger partial charge is 0.219 e. The zero-order chi connectivity index (χ0) is 18.5. The molecule has 0 saturated carbocycles. The summed E-state index contributed by atoms with van der Waals surface area (Å²) in [6.07, 6.45) is 0. The number of ether oxygens (including phenoxy) is 2. The lowest BCUT2D eigenvalue weighted by Crippen LogP contribution is -2.35. The highest BCUT2D eigenvalue weighted by Gasteiger charge is 2.11. The van der Waals surface area contributed by atoms with Gasteiger partial charge in [-0.2, -0.15) is 0 Å². The summed E-state index contributed by atoms with van der Waals surface area (Å²) >= 11 is 0. The van der Waals surface area contributed by atoms with Gasteiger partial charge in [-0.25, -0.2) is 0 Å². The van der Waals surface area contributed by atoms with Gasteiger partial charge in [-0.3, -0.25) is 9.59 Å². The lowest BCUT2D eigenvalue weighted by Gasteiger charge is -2.23.